The van der Waals surface area contributed by atoms with Gasteiger partial charge in [-0.1, -0.05) is 23.5 Å². The van der Waals surface area contributed by atoms with Crippen molar-refractivity contribution in [3.8, 4) is 0 Å². The van der Waals surface area contributed by atoms with Crippen LogP contribution in [0.5, 0.6) is 0 Å². The van der Waals surface area contributed by atoms with E-state index >= 15 is 0 Å². The van der Waals surface area contributed by atoms with Gasteiger partial charge in [-0.05, 0) is 74.0 Å². The average Bonchev–Trinajstić information content (AvgIpc) is 3.09. The SMILES string of the molecule is CS(=O)(=O)Cc1cccc(C(=O)Nc2nnc(C34CC5CC(CC(C5)C3)C4)s2)c1. The minimum absolute atomic E-state index is 0.0803. The molecule has 4 aliphatic rings. The molecule has 1 N–H and O–H groups in total. The molecular weight excluding hydrogens is 406 g/mol. The molecule has 4 saturated carbocycles. The van der Waals surface area contributed by atoms with E-state index < -0.39 is 9.84 Å². The number of sulfone groups is 1. The Labute approximate surface area is 175 Å². The highest BCUT2D eigenvalue weighted by Gasteiger charge is 2.53. The van der Waals surface area contributed by atoms with Gasteiger partial charge in [-0.25, -0.2) is 8.42 Å². The predicted octanol–water partition coefficient (Wildman–Crippen LogP) is 3.80. The van der Waals surface area contributed by atoms with Gasteiger partial charge in [0.2, 0.25) is 5.13 Å². The molecule has 0 radical (unpaired) electrons. The normalized spacial score (nSPS) is 30.4. The van der Waals surface area contributed by atoms with Gasteiger partial charge in [0.1, 0.15) is 5.01 Å². The van der Waals surface area contributed by atoms with Gasteiger partial charge in [0, 0.05) is 17.2 Å². The highest BCUT2D eigenvalue weighted by molar-refractivity contribution is 7.89. The van der Waals surface area contributed by atoms with Crippen LogP contribution in [0.1, 0.15) is 59.5 Å². The van der Waals surface area contributed by atoms with Gasteiger partial charge in [0.05, 0.1) is 5.75 Å². The molecule has 6 rings (SSSR count). The van der Waals surface area contributed by atoms with Crippen LogP contribution in [0.25, 0.3) is 0 Å². The van der Waals surface area contributed by atoms with Crippen LogP contribution in [0.15, 0.2) is 24.3 Å². The molecule has 8 heteroatoms. The zero-order valence-electron chi connectivity index (χ0n) is 16.4. The second-order valence-corrected chi connectivity index (χ2v) is 12.5. The van der Waals surface area contributed by atoms with Crippen LogP contribution in [-0.4, -0.2) is 30.8 Å². The van der Waals surface area contributed by atoms with Crippen LogP contribution in [0.2, 0.25) is 0 Å². The second kappa shape index (κ2) is 6.87. The van der Waals surface area contributed by atoms with E-state index in [-0.39, 0.29) is 17.1 Å². The summed E-state index contributed by atoms with van der Waals surface area (Å²) in [6.07, 6.45) is 8.98. The fourth-order valence-electron chi connectivity index (χ4n) is 6.14. The third-order valence-electron chi connectivity index (χ3n) is 6.76. The molecule has 0 saturated heterocycles. The highest BCUT2D eigenvalue weighted by atomic mass is 32.2. The molecule has 0 unspecified atom stereocenters. The summed E-state index contributed by atoms with van der Waals surface area (Å²) < 4.78 is 23.0. The maximum atomic E-state index is 12.7. The van der Waals surface area contributed by atoms with Gasteiger partial charge in [-0.15, -0.1) is 10.2 Å². The number of hydrogen-bond acceptors (Lipinski definition) is 6. The Morgan fingerprint density at radius 2 is 1.79 bits per heavy atom. The van der Waals surface area contributed by atoms with E-state index in [4.69, 9.17) is 0 Å². The number of aromatic nitrogens is 2. The first-order valence-electron chi connectivity index (χ1n) is 10.2. The number of carbonyl (C=O) groups excluding carboxylic acids is 1. The van der Waals surface area contributed by atoms with E-state index in [0.29, 0.717) is 16.3 Å². The van der Waals surface area contributed by atoms with E-state index in [1.807, 2.05) is 0 Å². The minimum Gasteiger partial charge on any atom is -0.296 e. The van der Waals surface area contributed by atoms with Crippen molar-refractivity contribution in [1.82, 2.24) is 10.2 Å². The molecule has 2 aromatic rings. The smallest absolute Gasteiger partial charge is 0.257 e. The van der Waals surface area contributed by atoms with Gasteiger partial charge in [-0.2, -0.15) is 0 Å². The standard InChI is InChI=1S/C21H25N3O3S2/c1-29(26,27)12-13-3-2-4-17(8-13)18(25)22-20-24-23-19(28-20)21-9-14-5-15(10-21)7-16(6-14)11-21/h2-4,8,14-16H,5-7,9-12H2,1H3,(H,22,24,25). The van der Waals surface area contributed by atoms with Crippen LogP contribution in [0.3, 0.4) is 0 Å². The lowest BCUT2D eigenvalue weighted by molar-refractivity contribution is -0.00555. The molecule has 4 bridgehead atoms. The molecule has 1 heterocycles. The van der Waals surface area contributed by atoms with Crippen molar-refractivity contribution in [2.24, 2.45) is 17.8 Å². The quantitative estimate of drug-likeness (QED) is 0.778. The monoisotopic (exact) mass is 431 g/mol. The molecule has 0 atom stereocenters. The Bertz CT molecular complexity index is 1030. The van der Waals surface area contributed by atoms with E-state index in [0.717, 1.165) is 22.8 Å². The lowest BCUT2D eigenvalue weighted by atomic mass is 9.50. The Balaban J connectivity index is 1.32. The summed E-state index contributed by atoms with van der Waals surface area (Å²) in [4.78, 5) is 12.7. The van der Waals surface area contributed by atoms with Crippen LogP contribution < -0.4 is 5.32 Å². The summed E-state index contributed by atoms with van der Waals surface area (Å²) in [7, 11) is -3.15. The van der Waals surface area contributed by atoms with Crippen molar-refractivity contribution < 1.29 is 13.2 Å². The maximum Gasteiger partial charge on any atom is 0.257 e. The maximum absolute atomic E-state index is 12.7. The number of carbonyl (C=O) groups is 1. The number of benzene rings is 1. The molecule has 1 aromatic heterocycles. The average molecular weight is 432 g/mol. The van der Waals surface area contributed by atoms with Crippen molar-refractivity contribution in [2.75, 3.05) is 11.6 Å². The van der Waals surface area contributed by atoms with E-state index in [1.54, 1.807) is 24.3 Å². The number of amides is 1. The fraction of sp³-hybridized carbons (Fsp3) is 0.571. The first-order chi connectivity index (χ1) is 13.8. The third-order valence-corrected chi connectivity index (χ3v) is 8.70. The number of rotatable bonds is 5. The number of nitrogens with zero attached hydrogens (tertiary/aromatic N) is 2. The highest BCUT2D eigenvalue weighted by Crippen LogP contribution is 2.61. The largest absolute Gasteiger partial charge is 0.296 e. The summed E-state index contributed by atoms with van der Waals surface area (Å²) in [5.41, 5.74) is 1.20. The molecule has 6 nitrogen and oxygen atoms in total. The van der Waals surface area contributed by atoms with E-state index in [1.165, 1.54) is 56.1 Å². The number of anilines is 1. The number of nitrogens with one attached hydrogen (secondary N) is 1. The molecule has 1 amide bonds. The molecule has 4 aliphatic carbocycles. The molecule has 29 heavy (non-hydrogen) atoms. The number of hydrogen-bond donors (Lipinski definition) is 1. The van der Waals surface area contributed by atoms with Crippen LogP contribution in [0, 0.1) is 17.8 Å². The second-order valence-electron chi connectivity index (χ2n) is 9.33. The lowest BCUT2D eigenvalue weighted by Crippen LogP contribution is -2.48. The molecule has 1 aromatic carbocycles. The molecular formula is C21H25N3O3S2. The minimum atomic E-state index is -3.15. The van der Waals surface area contributed by atoms with Gasteiger partial charge in [-0.3, -0.25) is 10.1 Å². The van der Waals surface area contributed by atoms with Crippen molar-refractivity contribution in [1.29, 1.82) is 0 Å². The van der Waals surface area contributed by atoms with E-state index in [2.05, 4.69) is 15.5 Å². The molecule has 0 spiro atoms. The van der Waals surface area contributed by atoms with E-state index in [9.17, 15) is 13.2 Å². The Morgan fingerprint density at radius 1 is 1.14 bits per heavy atom. The topological polar surface area (TPSA) is 89.0 Å². The molecule has 4 fully saturated rings. The van der Waals surface area contributed by atoms with Crippen LogP contribution in [-0.2, 0) is 21.0 Å². The zero-order valence-corrected chi connectivity index (χ0v) is 18.1. The summed E-state index contributed by atoms with van der Waals surface area (Å²) in [5, 5.41) is 13.2. The third kappa shape index (κ3) is 3.84. The summed E-state index contributed by atoms with van der Waals surface area (Å²) >= 11 is 1.51. The van der Waals surface area contributed by atoms with Gasteiger partial charge in [0.25, 0.3) is 5.91 Å². The zero-order chi connectivity index (χ0) is 20.2. The molecule has 154 valence electrons. The molecule has 0 aliphatic heterocycles. The Hall–Kier alpha value is -1.80. The first-order valence-corrected chi connectivity index (χ1v) is 13.1. The van der Waals surface area contributed by atoms with Crippen molar-refractivity contribution in [3.63, 3.8) is 0 Å². The van der Waals surface area contributed by atoms with Crippen LogP contribution >= 0.6 is 11.3 Å². The van der Waals surface area contributed by atoms with Gasteiger partial charge < -0.3 is 0 Å². The predicted molar refractivity (Wildman–Crippen MR) is 113 cm³/mol. The fourth-order valence-corrected chi connectivity index (χ4v) is 7.88. The van der Waals surface area contributed by atoms with Crippen molar-refractivity contribution in [3.05, 3.63) is 40.4 Å². The Kier molecular flexibility index (Phi) is 4.55. The van der Waals surface area contributed by atoms with Crippen molar-refractivity contribution >= 4 is 32.2 Å². The van der Waals surface area contributed by atoms with Crippen molar-refractivity contribution in [2.45, 2.75) is 49.7 Å². The summed E-state index contributed by atoms with van der Waals surface area (Å²) in [6, 6.07) is 6.73. The Morgan fingerprint density at radius 3 is 2.41 bits per heavy atom. The van der Waals surface area contributed by atoms with Gasteiger partial charge in [0.15, 0.2) is 9.84 Å². The lowest BCUT2D eigenvalue weighted by Gasteiger charge is -2.55. The van der Waals surface area contributed by atoms with Gasteiger partial charge >= 0.3 is 0 Å². The first kappa shape index (κ1) is 19.2. The van der Waals surface area contributed by atoms with Crippen LogP contribution in [0.4, 0.5) is 5.13 Å². The summed E-state index contributed by atoms with van der Waals surface area (Å²) in [6.45, 7) is 0. The summed E-state index contributed by atoms with van der Waals surface area (Å²) in [5.74, 6) is 2.14.